The predicted octanol–water partition coefficient (Wildman–Crippen LogP) is 5.50. The van der Waals surface area contributed by atoms with E-state index in [1.54, 1.807) is 6.07 Å². The zero-order valence-electron chi connectivity index (χ0n) is 13.0. The Morgan fingerprint density at radius 2 is 1.83 bits per heavy atom. The van der Waals surface area contributed by atoms with Crippen molar-refractivity contribution in [2.24, 2.45) is 0 Å². The Morgan fingerprint density at radius 1 is 1.04 bits per heavy atom. The number of halogens is 3. The van der Waals surface area contributed by atoms with Crippen molar-refractivity contribution >= 4 is 5.69 Å². The maximum Gasteiger partial charge on any atom is 0.416 e. The minimum absolute atomic E-state index is 0.437. The van der Waals surface area contributed by atoms with Gasteiger partial charge in [-0.1, -0.05) is 31.5 Å². The van der Waals surface area contributed by atoms with Crippen LogP contribution in [0.25, 0.3) is 0 Å². The normalized spacial score (nSPS) is 11.3. The van der Waals surface area contributed by atoms with Crippen LogP contribution < -0.4 is 10.1 Å². The van der Waals surface area contributed by atoms with E-state index in [9.17, 15) is 13.2 Å². The second-order valence-electron chi connectivity index (χ2n) is 5.28. The molecule has 0 heterocycles. The molecule has 2 aromatic rings. The third-order valence-electron chi connectivity index (χ3n) is 3.35. The van der Waals surface area contributed by atoms with Gasteiger partial charge in [0.15, 0.2) is 0 Å². The molecular formula is C18H20F3NO. The first-order chi connectivity index (χ1) is 11.0. The number of ether oxygens (including phenoxy) is 1. The molecule has 0 bridgehead atoms. The molecular weight excluding hydrogens is 303 g/mol. The Balaban J connectivity index is 1.97. The molecule has 0 aliphatic heterocycles. The van der Waals surface area contributed by atoms with E-state index in [1.807, 2.05) is 24.3 Å². The van der Waals surface area contributed by atoms with Crippen LogP contribution in [0.4, 0.5) is 18.9 Å². The molecule has 23 heavy (non-hydrogen) atoms. The summed E-state index contributed by atoms with van der Waals surface area (Å²) in [6.07, 6.45) is -2.27. The number of hydrogen-bond acceptors (Lipinski definition) is 2. The van der Waals surface area contributed by atoms with Crippen LogP contribution in [0.2, 0.25) is 0 Å². The average Bonchev–Trinajstić information content (AvgIpc) is 2.53. The molecule has 0 atom stereocenters. The molecule has 5 heteroatoms. The van der Waals surface area contributed by atoms with E-state index in [0.29, 0.717) is 18.8 Å². The van der Waals surface area contributed by atoms with Crippen LogP contribution in [0.5, 0.6) is 5.75 Å². The summed E-state index contributed by atoms with van der Waals surface area (Å²) in [4.78, 5) is 0. The third kappa shape index (κ3) is 5.51. The van der Waals surface area contributed by atoms with E-state index in [4.69, 9.17) is 4.74 Å². The molecule has 0 saturated heterocycles. The highest BCUT2D eigenvalue weighted by molar-refractivity contribution is 5.47. The lowest BCUT2D eigenvalue weighted by molar-refractivity contribution is -0.137. The lowest BCUT2D eigenvalue weighted by Gasteiger charge is -2.11. The average molecular weight is 323 g/mol. The third-order valence-corrected chi connectivity index (χ3v) is 3.35. The summed E-state index contributed by atoms with van der Waals surface area (Å²) < 4.78 is 43.7. The van der Waals surface area contributed by atoms with Crippen molar-refractivity contribution in [3.8, 4) is 5.75 Å². The molecule has 0 unspecified atom stereocenters. The Hall–Kier alpha value is -2.17. The van der Waals surface area contributed by atoms with E-state index in [0.717, 1.165) is 36.3 Å². The van der Waals surface area contributed by atoms with Gasteiger partial charge in [-0.15, -0.1) is 0 Å². The molecule has 2 aromatic carbocycles. The van der Waals surface area contributed by atoms with Gasteiger partial charge in [0, 0.05) is 12.2 Å². The van der Waals surface area contributed by atoms with Gasteiger partial charge in [-0.3, -0.25) is 0 Å². The molecule has 0 aliphatic rings. The molecule has 0 spiro atoms. The van der Waals surface area contributed by atoms with Crippen molar-refractivity contribution in [3.63, 3.8) is 0 Å². The summed E-state index contributed by atoms with van der Waals surface area (Å²) in [5.41, 5.74) is 0.743. The number of unbranched alkanes of at least 4 members (excludes halogenated alkanes) is 1. The van der Waals surface area contributed by atoms with Gasteiger partial charge in [0.1, 0.15) is 5.75 Å². The lowest BCUT2D eigenvalue weighted by atomic mass is 10.1. The van der Waals surface area contributed by atoms with Gasteiger partial charge < -0.3 is 10.1 Å². The van der Waals surface area contributed by atoms with Crippen molar-refractivity contribution in [3.05, 3.63) is 59.7 Å². The van der Waals surface area contributed by atoms with Gasteiger partial charge in [0.25, 0.3) is 0 Å². The second-order valence-corrected chi connectivity index (χ2v) is 5.28. The van der Waals surface area contributed by atoms with Crippen molar-refractivity contribution in [1.29, 1.82) is 0 Å². The SMILES string of the molecule is CCCCOc1cccc(CNc2cccc(C(F)(F)F)c2)c1. The summed E-state index contributed by atoms with van der Waals surface area (Å²) in [5.74, 6) is 0.779. The number of hydrogen-bond donors (Lipinski definition) is 1. The predicted molar refractivity (Wildman–Crippen MR) is 85.6 cm³/mol. The second kappa shape index (κ2) is 7.90. The van der Waals surface area contributed by atoms with Crippen LogP contribution in [-0.4, -0.2) is 6.61 Å². The smallest absolute Gasteiger partial charge is 0.416 e. The van der Waals surface area contributed by atoms with E-state index < -0.39 is 11.7 Å². The Kier molecular flexibility index (Phi) is 5.90. The molecule has 2 nitrogen and oxygen atoms in total. The number of rotatable bonds is 7. The van der Waals surface area contributed by atoms with E-state index in [1.165, 1.54) is 6.07 Å². The van der Waals surface area contributed by atoms with Crippen molar-refractivity contribution in [2.45, 2.75) is 32.5 Å². The van der Waals surface area contributed by atoms with Crippen LogP contribution in [0.1, 0.15) is 30.9 Å². The first-order valence-corrected chi connectivity index (χ1v) is 7.62. The number of benzene rings is 2. The summed E-state index contributed by atoms with van der Waals surface area (Å²) >= 11 is 0. The van der Waals surface area contributed by atoms with Gasteiger partial charge in [-0.2, -0.15) is 13.2 Å². The van der Waals surface area contributed by atoms with Gasteiger partial charge >= 0.3 is 6.18 Å². The highest BCUT2D eigenvalue weighted by atomic mass is 19.4. The Labute approximate surface area is 134 Å². The molecule has 2 rings (SSSR count). The first kappa shape index (κ1) is 17.2. The highest BCUT2D eigenvalue weighted by Crippen LogP contribution is 2.30. The topological polar surface area (TPSA) is 21.3 Å². The monoisotopic (exact) mass is 323 g/mol. The molecule has 0 fully saturated rings. The zero-order valence-corrected chi connectivity index (χ0v) is 13.0. The summed E-state index contributed by atoms with van der Waals surface area (Å²) in [7, 11) is 0. The minimum Gasteiger partial charge on any atom is -0.494 e. The minimum atomic E-state index is -4.33. The number of anilines is 1. The van der Waals surface area contributed by atoms with Crippen LogP contribution in [0.15, 0.2) is 48.5 Å². The molecule has 0 radical (unpaired) electrons. The van der Waals surface area contributed by atoms with Gasteiger partial charge in [-0.25, -0.2) is 0 Å². The summed E-state index contributed by atoms with van der Waals surface area (Å²) in [6.45, 7) is 3.20. The van der Waals surface area contributed by atoms with Crippen molar-refractivity contribution < 1.29 is 17.9 Å². The summed E-state index contributed by atoms with van der Waals surface area (Å²) in [6, 6.07) is 12.8. The molecule has 0 aromatic heterocycles. The van der Waals surface area contributed by atoms with Crippen molar-refractivity contribution in [1.82, 2.24) is 0 Å². The van der Waals surface area contributed by atoms with E-state index in [-0.39, 0.29) is 0 Å². The fourth-order valence-corrected chi connectivity index (χ4v) is 2.09. The molecule has 1 N–H and O–H groups in total. The van der Waals surface area contributed by atoms with Gasteiger partial charge in [-0.05, 0) is 42.3 Å². The van der Waals surface area contributed by atoms with E-state index >= 15 is 0 Å². The van der Waals surface area contributed by atoms with Gasteiger partial charge in [0.2, 0.25) is 0 Å². The fourth-order valence-electron chi connectivity index (χ4n) is 2.09. The maximum absolute atomic E-state index is 12.7. The largest absolute Gasteiger partial charge is 0.494 e. The first-order valence-electron chi connectivity index (χ1n) is 7.62. The molecule has 124 valence electrons. The maximum atomic E-state index is 12.7. The standard InChI is InChI=1S/C18H20F3NO/c1-2-3-10-23-17-9-4-6-14(11-17)13-22-16-8-5-7-15(12-16)18(19,20)21/h4-9,11-12,22H,2-3,10,13H2,1H3. The molecule has 0 saturated carbocycles. The van der Waals surface area contributed by atoms with Crippen LogP contribution in [-0.2, 0) is 12.7 Å². The van der Waals surface area contributed by atoms with Gasteiger partial charge in [0.05, 0.1) is 12.2 Å². The number of nitrogens with one attached hydrogen (secondary N) is 1. The highest BCUT2D eigenvalue weighted by Gasteiger charge is 2.30. The Bertz CT molecular complexity index is 626. The lowest BCUT2D eigenvalue weighted by Crippen LogP contribution is -2.06. The molecule has 0 amide bonds. The number of alkyl halides is 3. The van der Waals surface area contributed by atoms with Crippen LogP contribution >= 0.6 is 0 Å². The zero-order chi connectivity index (χ0) is 16.7. The fraction of sp³-hybridized carbons (Fsp3) is 0.333. The summed E-state index contributed by atoms with van der Waals surface area (Å²) in [5, 5.41) is 3.01. The van der Waals surface area contributed by atoms with Crippen LogP contribution in [0.3, 0.4) is 0 Å². The quantitative estimate of drug-likeness (QED) is 0.680. The van der Waals surface area contributed by atoms with E-state index in [2.05, 4.69) is 12.2 Å². The van der Waals surface area contributed by atoms with Crippen LogP contribution in [0, 0.1) is 0 Å². The Morgan fingerprint density at radius 3 is 2.57 bits per heavy atom. The van der Waals surface area contributed by atoms with Crippen molar-refractivity contribution in [2.75, 3.05) is 11.9 Å². The molecule has 0 aliphatic carbocycles.